The van der Waals surface area contributed by atoms with E-state index < -0.39 is 0 Å². The van der Waals surface area contributed by atoms with Gasteiger partial charge >= 0.3 is 0 Å². The first-order valence-electron chi connectivity index (χ1n) is 19.0. The summed E-state index contributed by atoms with van der Waals surface area (Å²) in [5, 5.41) is 10.6. The number of allylic oxidation sites excluding steroid dienone is 1. The van der Waals surface area contributed by atoms with Crippen LogP contribution in [-0.4, -0.2) is 73.2 Å². The van der Waals surface area contributed by atoms with E-state index in [2.05, 4.69) is 70.5 Å². The van der Waals surface area contributed by atoms with Crippen LogP contribution in [0.15, 0.2) is 109 Å². The lowest BCUT2D eigenvalue weighted by atomic mass is 9.90. The number of phenols is 1. The van der Waals surface area contributed by atoms with E-state index in [1.165, 1.54) is 74.9 Å². The number of phenolic OH excluding ortho intramolecular Hbond substituents is 1. The summed E-state index contributed by atoms with van der Waals surface area (Å²) in [6.45, 7) is 7.94. The molecule has 0 atom stereocenters. The zero-order valence-electron chi connectivity index (χ0n) is 30.0. The minimum absolute atomic E-state index is 0.0667. The molecule has 0 unspecified atom stereocenters. The molecule has 51 heavy (non-hydrogen) atoms. The van der Waals surface area contributed by atoms with Gasteiger partial charge in [0, 0.05) is 19.2 Å². The Bertz CT molecular complexity index is 1640. The molecule has 2 saturated heterocycles. The molecule has 1 N–H and O–H groups in total. The summed E-state index contributed by atoms with van der Waals surface area (Å²) in [5.74, 6) is 2.65. The minimum Gasteiger partial charge on any atom is -0.507 e. The van der Waals surface area contributed by atoms with Gasteiger partial charge in [-0.2, -0.15) is 0 Å². The molecule has 2 fully saturated rings. The topological polar surface area (TPSA) is 62.2 Å². The van der Waals surface area contributed by atoms with E-state index in [0.717, 1.165) is 62.2 Å². The molecule has 2 aliphatic rings. The van der Waals surface area contributed by atoms with Crippen molar-refractivity contribution in [2.75, 3.05) is 52.5 Å². The third kappa shape index (κ3) is 11.8. The zero-order valence-corrected chi connectivity index (χ0v) is 30.0. The Hall–Kier alpha value is -4.39. The first kappa shape index (κ1) is 36.4. The van der Waals surface area contributed by atoms with Gasteiger partial charge in [-0.3, -0.25) is 4.79 Å². The summed E-state index contributed by atoms with van der Waals surface area (Å²) in [5.41, 5.74) is 4.05. The highest BCUT2D eigenvalue weighted by Crippen LogP contribution is 2.26. The lowest BCUT2D eigenvalue weighted by molar-refractivity contribution is 0.104. The molecule has 0 saturated carbocycles. The Morgan fingerprint density at radius 1 is 0.647 bits per heavy atom. The van der Waals surface area contributed by atoms with Crippen molar-refractivity contribution in [2.45, 2.75) is 51.4 Å². The normalized spacial score (nSPS) is 16.4. The van der Waals surface area contributed by atoms with Gasteiger partial charge in [-0.1, -0.05) is 78.9 Å². The van der Waals surface area contributed by atoms with E-state index in [1.807, 2.05) is 24.3 Å². The molecule has 6 heteroatoms. The van der Waals surface area contributed by atoms with Crippen molar-refractivity contribution in [1.82, 2.24) is 9.80 Å². The predicted octanol–water partition coefficient (Wildman–Crippen LogP) is 8.74. The van der Waals surface area contributed by atoms with E-state index >= 15 is 0 Å². The molecule has 268 valence electrons. The minimum atomic E-state index is -0.251. The average Bonchev–Trinajstić information content (AvgIpc) is 3.17. The van der Waals surface area contributed by atoms with Crippen LogP contribution in [0.4, 0.5) is 0 Å². The van der Waals surface area contributed by atoms with Gasteiger partial charge in [-0.05, 0) is 136 Å². The number of nitrogens with zero attached hydrogens (tertiary/aromatic N) is 2. The van der Waals surface area contributed by atoms with Crippen molar-refractivity contribution in [3.05, 3.63) is 131 Å². The number of carbonyl (C=O) groups excluding carboxylic acids is 1. The molecular formula is C45H54N2O4. The fourth-order valence-electron chi connectivity index (χ4n) is 7.43. The van der Waals surface area contributed by atoms with Crippen LogP contribution in [0, 0.1) is 11.8 Å². The molecule has 0 bridgehead atoms. The number of hydrogen-bond donors (Lipinski definition) is 1. The number of carbonyl (C=O) groups is 1. The molecule has 4 aromatic carbocycles. The molecular weight excluding hydrogens is 633 g/mol. The van der Waals surface area contributed by atoms with Crippen molar-refractivity contribution >= 4 is 11.9 Å². The molecule has 6 rings (SSSR count). The maximum Gasteiger partial charge on any atom is 0.189 e. The van der Waals surface area contributed by atoms with Gasteiger partial charge in [0.2, 0.25) is 0 Å². The summed E-state index contributed by atoms with van der Waals surface area (Å²) in [4.78, 5) is 17.9. The molecule has 0 aliphatic carbocycles. The third-order valence-corrected chi connectivity index (χ3v) is 10.5. The number of piperidine rings is 2. The molecule has 6 nitrogen and oxygen atoms in total. The van der Waals surface area contributed by atoms with Gasteiger partial charge in [0.05, 0.1) is 18.8 Å². The van der Waals surface area contributed by atoms with Crippen molar-refractivity contribution in [1.29, 1.82) is 0 Å². The summed E-state index contributed by atoms with van der Waals surface area (Å²) in [6, 6.07) is 34.4. The number of ketones is 1. The number of rotatable bonds is 17. The highest BCUT2D eigenvalue weighted by molar-refractivity contribution is 6.08. The molecule has 0 spiro atoms. The fraction of sp³-hybridized carbons (Fsp3) is 0.400. The monoisotopic (exact) mass is 686 g/mol. The van der Waals surface area contributed by atoms with Crippen LogP contribution in [0.3, 0.4) is 0 Å². The highest BCUT2D eigenvalue weighted by atomic mass is 16.5. The second-order valence-corrected chi connectivity index (χ2v) is 14.3. The first-order chi connectivity index (χ1) is 25.1. The van der Waals surface area contributed by atoms with Crippen LogP contribution in [0.25, 0.3) is 6.08 Å². The smallest absolute Gasteiger partial charge is 0.189 e. The third-order valence-electron chi connectivity index (χ3n) is 10.5. The molecule has 0 radical (unpaired) electrons. The lowest BCUT2D eigenvalue weighted by Gasteiger charge is -2.32. The van der Waals surface area contributed by atoms with E-state index in [1.54, 1.807) is 18.2 Å². The number of ether oxygens (including phenoxy) is 2. The Morgan fingerprint density at radius 2 is 1.14 bits per heavy atom. The Labute approximate surface area is 304 Å². The average molecular weight is 687 g/mol. The molecule has 2 heterocycles. The van der Waals surface area contributed by atoms with Crippen LogP contribution in [0.2, 0.25) is 0 Å². The number of likely N-dealkylation sites (tertiary alicyclic amines) is 2. The van der Waals surface area contributed by atoms with Crippen molar-refractivity contribution < 1.29 is 19.4 Å². The maximum atomic E-state index is 12.9. The standard InChI is InChI=1S/C45H54N2O4/c48-44(43-19-18-42(35-45(43)49)51-32-8-26-47-29-23-40(24-30-47)34-38-11-5-2-6-12-38)20-15-36-13-16-41(17-14-36)50-31-7-25-46-27-21-39(22-28-46)33-37-9-3-1-4-10-37/h1-6,9-20,35,39-40,49H,7-8,21-34H2/b20-15+. The summed E-state index contributed by atoms with van der Waals surface area (Å²) >= 11 is 0. The van der Waals surface area contributed by atoms with Crippen LogP contribution in [0.5, 0.6) is 17.2 Å². The number of benzene rings is 4. The van der Waals surface area contributed by atoms with Gasteiger partial charge < -0.3 is 24.4 Å². The van der Waals surface area contributed by atoms with Gasteiger partial charge in [0.1, 0.15) is 17.2 Å². The predicted molar refractivity (Wildman–Crippen MR) is 207 cm³/mol. The highest BCUT2D eigenvalue weighted by Gasteiger charge is 2.20. The van der Waals surface area contributed by atoms with Gasteiger partial charge in [0.25, 0.3) is 0 Å². The van der Waals surface area contributed by atoms with E-state index in [4.69, 9.17) is 9.47 Å². The maximum absolute atomic E-state index is 12.9. The molecule has 2 aliphatic heterocycles. The van der Waals surface area contributed by atoms with Crippen molar-refractivity contribution in [3.63, 3.8) is 0 Å². The Morgan fingerprint density at radius 3 is 1.65 bits per heavy atom. The summed E-state index contributed by atoms with van der Waals surface area (Å²) in [6.07, 6.45) is 12.6. The summed E-state index contributed by atoms with van der Waals surface area (Å²) in [7, 11) is 0. The van der Waals surface area contributed by atoms with Gasteiger partial charge in [-0.25, -0.2) is 0 Å². The number of aromatic hydroxyl groups is 1. The largest absolute Gasteiger partial charge is 0.507 e. The van der Waals surface area contributed by atoms with Crippen LogP contribution >= 0.6 is 0 Å². The van der Waals surface area contributed by atoms with Crippen molar-refractivity contribution in [3.8, 4) is 17.2 Å². The first-order valence-corrected chi connectivity index (χ1v) is 19.0. The van der Waals surface area contributed by atoms with Crippen molar-refractivity contribution in [2.24, 2.45) is 11.8 Å². The van der Waals surface area contributed by atoms with E-state index in [-0.39, 0.29) is 17.1 Å². The second-order valence-electron chi connectivity index (χ2n) is 14.3. The zero-order chi connectivity index (χ0) is 35.1. The van der Waals surface area contributed by atoms with Crippen LogP contribution in [-0.2, 0) is 12.8 Å². The molecule has 4 aromatic rings. The quantitative estimate of drug-likeness (QED) is 0.0681. The summed E-state index contributed by atoms with van der Waals surface area (Å²) < 4.78 is 11.9. The van der Waals surface area contributed by atoms with Crippen LogP contribution < -0.4 is 9.47 Å². The Balaban J connectivity index is 0.837. The van der Waals surface area contributed by atoms with Crippen LogP contribution in [0.1, 0.15) is 65.6 Å². The molecule has 0 amide bonds. The van der Waals surface area contributed by atoms with E-state index in [9.17, 15) is 9.90 Å². The SMILES string of the molecule is O=C(/C=C/c1ccc(OCCCN2CCC(Cc3ccccc3)CC2)cc1)c1ccc(OCCCN2CCC(Cc3ccccc3)CC2)cc1O. The molecule has 0 aromatic heterocycles. The second kappa shape index (κ2) is 19.3. The fourth-order valence-corrected chi connectivity index (χ4v) is 7.43. The van der Waals surface area contributed by atoms with E-state index in [0.29, 0.717) is 19.0 Å². The van der Waals surface area contributed by atoms with Gasteiger partial charge in [-0.15, -0.1) is 0 Å². The van der Waals surface area contributed by atoms with Gasteiger partial charge in [0.15, 0.2) is 5.78 Å². The number of hydrogen-bond acceptors (Lipinski definition) is 6. The Kier molecular flexibility index (Phi) is 13.8. The lowest BCUT2D eigenvalue weighted by Crippen LogP contribution is -2.35.